The van der Waals surface area contributed by atoms with E-state index in [2.05, 4.69) is 19.9 Å². The lowest BCUT2D eigenvalue weighted by Gasteiger charge is -2.12. The number of nitrogens with two attached hydrogens (primary N) is 1. The number of hydrogen-bond acceptors (Lipinski definition) is 8. The molecule has 0 saturated carbocycles. The van der Waals surface area contributed by atoms with Gasteiger partial charge in [-0.15, -0.1) is 0 Å². The fraction of sp³-hybridized carbons (Fsp3) is 0.143. The van der Waals surface area contributed by atoms with Crippen molar-refractivity contribution in [2.75, 3.05) is 5.73 Å². The van der Waals surface area contributed by atoms with Crippen molar-refractivity contribution in [2.24, 2.45) is 0 Å². The van der Waals surface area contributed by atoms with E-state index in [4.69, 9.17) is 10.2 Å². The second-order valence-electron chi connectivity index (χ2n) is 6.79. The molecule has 0 aliphatic carbocycles. The van der Waals surface area contributed by atoms with E-state index in [9.17, 15) is 22.8 Å². The molecule has 9 nitrogen and oxygen atoms in total. The van der Waals surface area contributed by atoms with E-state index < -0.39 is 23.7 Å². The number of rotatable bonds is 7. The molecule has 0 radical (unpaired) electrons. The second-order valence-corrected chi connectivity index (χ2v) is 6.79. The van der Waals surface area contributed by atoms with Crippen molar-refractivity contribution in [1.29, 1.82) is 0 Å². The highest BCUT2D eigenvalue weighted by atomic mass is 19.3. The van der Waals surface area contributed by atoms with Gasteiger partial charge in [-0.25, -0.2) is 19.3 Å². The Balaban J connectivity index is 1.77. The Hall–Kier alpha value is -4.35. The lowest BCUT2D eigenvalue weighted by atomic mass is 10.1. The molecular weight excluding hydrogens is 441 g/mol. The number of halogens is 3. The molecule has 168 valence electrons. The van der Waals surface area contributed by atoms with E-state index in [1.165, 1.54) is 36.9 Å². The van der Waals surface area contributed by atoms with Crippen LogP contribution in [0.2, 0.25) is 0 Å². The molecular formula is C21H15F3N6O3. The molecule has 0 aliphatic rings. The van der Waals surface area contributed by atoms with Crippen molar-refractivity contribution in [1.82, 2.24) is 24.5 Å². The van der Waals surface area contributed by atoms with Gasteiger partial charge in [0.1, 0.15) is 23.5 Å². The third-order valence-corrected chi connectivity index (χ3v) is 4.67. The fourth-order valence-corrected chi connectivity index (χ4v) is 3.09. The highest BCUT2D eigenvalue weighted by Gasteiger charge is 2.23. The average molecular weight is 456 g/mol. The number of ketones is 1. The Bertz CT molecular complexity index is 1370. The molecule has 0 bridgehead atoms. The largest absolute Gasteiger partial charge is 0.443 e. The van der Waals surface area contributed by atoms with Crippen molar-refractivity contribution < 1.29 is 22.4 Å². The maximum absolute atomic E-state index is 13.8. The maximum Gasteiger partial charge on any atom is 0.321 e. The first kappa shape index (κ1) is 21.9. The van der Waals surface area contributed by atoms with Crippen LogP contribution >= 0.6 is 0 Å². The predicted molar refractivity (Wildman–Crippen MR) is 110 cm³/mol. The van der Waals surface area contributed by atoms with Gasteiger partial charge in [-0.2, -0.15) is 8.78 Å². The maximum atomic E-state index is 13.8. The van der Waals surface area contributed by atoms with Gasteiger partial charge in [-0.05, 0) is 24.6 Å². The molecule has 0 fully saturated rings. The van der Waals surface area contributed by atoms with E-state index in [-0.39, 0.29) is 57.5 Å². The fourth-order valence-electron chi connectivity index (χ4n) is 3.09. The minimum Gasteiger partial charge on any atom is -0.443 e. The van der Waals surface area contributed by atoms with Gasteiger partial charge in [0.25, 0.3) is 5.56 Å². The van der Waals surface area contributed by atoms with E-state index in [0.717, 1.165) is 12.3 Å². The number of alkyl halides is 2. The summed E-state index contributed by atoms with van der Waals surface area (Å²) in [6.07, 6.45) is 4.69. The number of oxazole rings is 1. The summed E-state index contributed by atoms with van der Waals surface area (Å²) in [6.45, 7) is -3.10. The highest BCUT2D eigenvalue weighted by Crippen LogP contribution is 2.30. The van der Waals surface area contributed by atoms with Crippen LogP contribution in [0.1, 0.15) is 29.2 Å². The van der Waals surface area contributed by atoms with Gasteiger partial charge in [0.15, 0.2) is 17.3 Å². The van der Waals surface area contributed by atoms with Crippen LogP contribution in [-0.2, 0) is 6.42 Å². The molecule has 12 heteroatoms. The Morgan fingerprint density at radius 2 is 1.94 bits per heavy atom. The molecule has 2 N–H and O–H groups in total. The number of carbonyl (C=O) groups excluding carboxylic acids is 1. The SMILES string of the molecule is Nc1nc(-c2ncco2)c(-c2ccc(=O)n(C(F)F)c2)nc1C(=O)CCc1ncccc1F. The number of hydrogen-bond donors (Lipinski definition) is 1. The summed E-state index contributed by atoms with van der Waals surface area (Å²) in [5, 5.41) is 0. The molecule has 4 heterocycles. The van der Waals surface area contributed by atoms with Crippen LogP contribution in [0.15, 0.2) is 58.3 Å². The summed E-state index contributed by atoms with van der Waals surface area (Å²) in [5.41, 5.74) is 4.87. The Labute approximate surface area is 183 Å². The Kier molecular flexibility index (Phi) is 5.98. The number of anilines is 1. The third kappa shape index (κ3) is 4.49. The lowest BCUT2D eigenvalue weighted by molar-refractivity contribution is 0.0665. The number of pyridine rings is 2. The molecule has 4 aromatic heterocycles. The third-order valence-electron chi connectivity index (χ3n) is 4.67. The number of nitrogen functional groups attached to an aromatic ring is 1. The van der Waals surface area contributed by atoms with Crippen molar-refractivity contribution in [2.45, 2.75) is 19.4 Å². The van der Waals surface area contributed by atoms with E-state index in [1.807, 2.05) is 0 Å². The first-order valence-corrected chi connectivity index (χ1v) is 9.56. The molecule has 4 rings (SSSR count). The van der Waals surface area contributed by atoms with Crippen LogP contribution in [0, 0.1) is 5.82 Å². The molecule has 33 heavy (non-hydrogen) atoms. The number of carbonyl (C=O) groups is 1. The van der Waals surface area contributed by atoms with Crippen molar-refractivity contribution in [3.05, 3.63) is 76.7 Å². The van der Waals surface area contributed by atoms with Crippen molar-refractivity contribution in [3.8, 4) is 22.8 Å². The summed E-state index contributed by atoms with van der Waals surface area (Å²) in [6, 6.07) is 4.84. The second kappa shape index (κ2) is 9.02. The number of nitrogens with zero attached hydrogens (tertiary/aromatic N) is 5. The molecule has 0 atom stereocenters. The molecule has 0 aromatic carbocycles. The Morgan fingerprint density at radius 1 is 1.12 bits per heavy atom. The van der Waals surface area contributed by atoms with E-state index in [0.29, 0.717) is 0 Å². The monoisotopic (exact) mass is 456 g/mol. The van der Waals surface area contributed by atoms with Crippen LogP contribution in [0.3, 0.4) is 0 Å². The normalized spacial score (nSPS) is 11.2. The number of Topliss-reactive ketones (excluding diaryl/α,β-unsaturated/α-hetero) is 1. The average Bonchev–Trinajstić information content (AvgIpc) is 3.33. The molecule has 0 saturated heterocycles. The molecule has 0 aliphatic heterocycles. The van der Waals surface area contributed by atoms with Gasteiger partial charge in [-0.3, -0.25) is 19.1 Å². The van der Waals surface area contributed by atoms with Gasteiger partial charge in [-0.1, -0.05) is 0 Å². The van der Waals surface area contributed by atoms with E-state index >= 15 is 0 Å². The number of aryl methyl sites for hydroxylation is 1. The van der Waals surface area contributed by atoms with E-state index in [1.54, 1.807) is 0 Å². The minimum absolute atomic E-state index is 0.00992. The first-order valence-electron chi connectivity index (χ1n) is 9.56. The van der Waals surface area contributed by atoms with Crippen LogP contribution in [-0.4, -0.2) is 30.3 Å². The molecule has 0 spiro atoms. The zero-order valence-corrected chi connectivity index (χ0v) is 16.8. The zero-order valence-electron chi connectivity index (χ0n) is 16.8. The van der Waals surface area contributed by atoms with Crippen LogP contribution in [0.5, 0.6) is 0 Å². The van der Waals surface area contributed by atoms with Crippen LogP contribution in [0.25, 0.3) is 22.8 Å². The van der Waals surface area contributed by atoms with Crippen LogP contribution in [0.4, 0.5) is 19.0 Å². The number of aromatic nitrogens is 5. The van der Waals surface area contributed by atoms with Crippen LogP contribution < -0.4 is 11.3 Å². The Morgan fingerprint density at radius 3 is 2.64 bits per heavy atom. The topological polar surface area (TPSA) is 130 Å². The van der Waals surface area contributed by atoms with Gasteiger partial charge < -0.3 is 10.2 Å². The minimum atomic E-state index is -3.10. The summed E-state index contributed by atoms with van der Waals surface area (Å²) in [4.78, 5) is 40.8. The summed E-state index contributed by atoms with van der Waals surface area (Å²) >= 11 is 0. The van der Waals surface area contributed by atoms with Crippen molar-refractivity contribution in [3.63, 3.8) is 0 Å². The molecule has 0 unspecified atom stereocenters. The summed E-state index contributed by atoms with van der Waals surface area (Å²) in [7, 11) is 0. The van der Waals surface area contributed by atoms with Gasteiger partial charge in [0.2, 0.25) is 5.89 Å². The molecule has 4 aromatic rings. The standard InChI is InChI=1S/C21H15F3N6O3/c22-12-2-1-7-26-13(12)4-5-14(31)17-19(25)29-18(20-27-8-9-33-20)16(28-17)11-3-6-15(32)30(10-11)21(23)24/h1-3,6-10,21H,4-5H2,(H2,25,29). The summed E-state index contributed by atoms with van der Waals surface area (Å²) in [5.74, 6) is -1.39. The quantitative estimate of drug-likeness (QED) is 0.420. The first-order chi connectivity index (χ1) is 15.8. The van der Waals surface area contributed by atoms with Gasteiger partial charge in [0.05, 0.1) is 11.9 Å². The highest BCUT2D eigenvalue weighted by molar-refractivity contribution is 5.99. The lowest BCUT2D eigenvalue weighted by Crippen LogP contribution is -2.19. The zero-order chi connectivity index (χ0) is 23.5. The predicted octanol–water partition coefficient (Wildman–Crippen LogP) is 3.29. The smallest absolute Gasteiger partial charge is 0.321 e. The molecule has 0 amide bonds. The van der Waals surface area contributed by atoms with Gasteiger partial charge >= 0.3 is 6.55 Å². The van der Waals surface area contributed by atoms with Gasteiger partial charge in [0, 0.05) is 30.4 Å². The van der Waals surface area contributed by atoms with Crippen molar-refractivity contribution >= 4 is 11.6 Å². The summed E-state index contributed by atoms with van der Waals surface area (Å²) < 4.78 is 45.8.